The van der Waals surface area contributed by atoms with Crippen LogP contribution in [0.15, 0.2) is 88.8 Å². The smallest absolute Gasteiger partial charge is 0.269 e. The number of phenolic OH excluding ortho intramolecular Hbond substituents is 1. The van der Waals surface area contributed by atoms with Gasteiger partial charge in [-0.15, -0.1) is 0 Å². The Morgan fingerprint density at radius 2 is 0.811 bits per heavy atom. The molecule has 0 bridgehead atoms. The minimum absolute atomic E-state index is 0.0147. The number of phenols is 1. The summed E-state index contributed by atoms with van der Waals surface area (Å²) < 4.78 is 0. The maximum absolute atomic E-state index is 14.3. The number of carbonyl (C=O) groups excluding carboxylic acids is 13. The van der Waals surface area contributed by atoms with Crippen LogP contribution < -0.4 is 110 Å². The number of nitrogens with two attached hydrogens (primary N) is 8. The molecule has 0 fully saturated rings. The quantitative estimate of drug-likeness (QED) is 0.00821. The van der Waals surface area contributed by atoms with Gasteiger partial charge in [0.05, 0.1) is 37.2 Å². The number of guanidine groups is 2. The lowest BCUT2D eigenvalue weighted by molar-refractivity contribution is -0.384. The number of nitro benzene ring substituents is 1. The van der Waals surface area contributed by atoms with E-state index in [0.29, 0.717) is 42.5 Å². The molecule has 10 atom stereocenters. The average molecular weight is 1490 g/mol. The maximum atomic E-state index is 14.3. The first-order valence-electron chi connectivity index (χ1n) is 34.1. The molecule has 582 valence electrons. The summed E-state index contributed by atoms with van der Waals surface area (Å²) in [5.41, 5.74) is 45.9. The van der Waals surface area contributed by atoms with Crippen molar-refractivity contribution in [3.05, 3.63) is 106 Å². The van der Waals surface area contributed by atoms with Crippen molar-refractivity contribution >= 4 is 94.4 Å². The van der Waals surface area contributed by atoms with Crippen LogP contribution in [0.25, 0.3) is 0 Å². The fourth-order valence-electron chi connectivity index (χ4n) is 10.0. The average Bonchev–Trinajstić information content (AvgIpc) is 0.863. The molecule has 0 saturated carbocycles. The van der Waals surface area contributed by atoms with Crippen LogP contribution in [0.5, 0.6) is 5.75 Å². The number of carbonyl (C=O) groups is 13. The number of hydrogen-bond donors (Lipinski definition) is 22. The molecule has 13 amide bonds. The van der Waals surface area contributed by atoms with Crippen LogP contribution in [-0.4, -0.2) is 217 Å². The number of benzene rings is 3. The molecule has 40 heteroatoms. The van der Waals surface area contributed by atoms with Gasteiger partial charge in [0.2, 0.25) is 76.8 Å². The lowest BCUT2D eigenvalue weighted by atomic mass is 10.0. The summed E-state index contributed by atoms with van der Waals surface area (Å²) >= 11 is 0. The van der Waals surface area contributed by atoms with Gasteiger partial charge in [0.1, 0.15) is 60.1 Å². The van der Waals surface area contributed by atoms with E-state index in [-0.39, 0.29) is 107 Å². The third-order valence-corrected chi connectivity index (χ3v) is 15.9. The van der Waals surface area contributed by atoms with Crippen LogP contribution >= 0.6 is 0 Å². The number of hydrogen-bond acceptors (Lipinski definition) is 22. The monoisotopic (exact) mass is 1490 g/mol. The van der Waals surface area contributed by atoms with Gasteiger partial charge in [-0.3, -0.25) is 82.4 Å². The number of aliphatic hydroxyl groups excluding tert-OH is 1. The number of nitrogens with one attached hydrogen (secondary N) is 12. The number of aliphatic hydroxyl groups is 1. The second-order valence-electron chi connectivity index (χ2n) is 24.6. The van der Waals surface area contributed by atoms with Crippen molar-refractivity contribution in [3.63, 3.8) is 0 Å². The summed E-state index contributed by atoms with van der Waals surface area (Å²) in [7, 11) is 0. The van der Waals surface area contributed by atoms with Crippen LogP contribution in [0.4, 0.5) is 5.69 Å². The SMILES string of the molecule is C[C@H](NC(=O)CNC(=O)[C@H](Cc1ccc([N+](=O)[O-])cc1)NC(=O)[C@H](Cc1ccccc1)NC(=O)CNC(=O)CNC(=O)[C@@H](N)Cc1ccc(O)cc1)C(=O)N[C@@H](CCCN=C(N)N)C(=O)N[C@@H](CCCCN)C(=O)N[C@@H](CO)C(=O)N[C@@H](C)C(=O)N[C@@H](CCCN=C(N)N)C(=O)N[C@@H](CCCCN)C(N)=O. The molecule has 0 aliphatic rings. The Bertz CT molecular complexity index is 3490. The van der Waals surface area contributed by atoms with E-state index in [1.165, 1.54) is 38.1 Å². The van der Waals surface area contributed by atoms with Crippen molar-refractivity contribution in [3.8, 4) is 5.75 Å². The predicted octanol–water partition coefficient (Wildman–Crippen LogP) is -7.75. The van der Waals surface area contributed by atoms with Crippen molar-refractivity contribution in [1.29, 1.82) is 0 Å². The van der Waals surface area contributed by atoms with Crippen molar-refractivity contribution in [1.82, 2.24) is 63.8 Å². The number of unbranched alkanes of at least 4 members (excludes halogenated alkanes) is 2. The van der Waals surface area contributed by atoms with Crippen LogP contribution in [0.1, 0.15) is 94.7 Å². The molecule has 0 aliphatic heterocycles. The van der Waals surface area contributed by atoms with Gasteiger partial charge < -0.3 is 120 Å². The number of primary amides is 1. The first kappa shape index (κ1) is 88.6. The van der Waals surface area contributed by atoms with E-state index in [1.807, 2.05) is 0 Å². The second kappa shape index (κ2) is 47.6. The first-order chi connectivity index (χ1) is 50.3. The zero-order valence-corrected chi connectivity index (χ0v) is 59.1. The number of aliphatic imine (C=N–C) groups is 2. The molecule has 0 aliphatic carbocycles. The van der Waals surface area contributed by atoms with Gasteiger partial charge in [-0.25, -0.2) is 0 Å². The third kappa shape index (κ3) is 34.5. The van der Waals surface area contributed by atoms with Crippen LogP contribution in [-0.2, 0) is 81.6 Å². The van der Waals surface area contributed by atoms with Gasteiger partial charge in [0.25, 0.3) is 5.69 Å². The zero-order chi connectivity index (χ0) is 78.8. The number of rotatable bonds is 49. The largest absolute Gasteiger partial charge is 0.508 e. The van der Waals surface area contributed by atoms with E-state index in [0.717, 1.165) is 12.1 Å². The number of amides is 13. The van der Waals surface area contributed by atoms with Gasteiger partial charge in [-0.1, -0.05) is 54.6 Å². The highest BCUT2D eigenvalue weighted by Gasteiger charge is 2.34. The fraction of sp³-hybridized carbons (Fsp3) is 0.500. The summed E-state index contributed by atoms with van der Waals surface area (Å²) in [4.78, 5) is 194. The zero-order valence-electron chi connectivity index (χ0n) is 59.1. The summed E-state index contributed by atoms with van der Waals surface area (Å²) in [6.07, 6.45) is 1.19. The Balaban J connectivity index is 1.77. The minimum atomic E-state index is -1.75. The third-order valence-electron chi connectivity index (χ3n) is 15.9. The normalized spacial score (nSPS) is 13.6. The van der Waals surface area contributed by atoms with Gasteiger partial charge in [-0.05, 0) is 126 Å². The summed E-state index contributed by atoms with van der Waals surface area (Å²) in [6.45, 7) is -0.152. The lowest BCUT2D eigenvalue weighted by Crippen LogP contribution is -2.60. The molecule has 106 heavy (non-hydrogen) atoms. The molecule has 0 saturated heterocycles. The Hall–Kier alpha value is -11.6. The highest BCUT2D eigenvalue weighted by molar-refractivity contribution is 5.99. The molecular formula is C66H101N23O17. The standard InChI is InChI=1S/C66H101N23O17/c1-37(80-53(93)35-79-59(99)49(32-41-18-22-42(23-19-41)89(105)106)87-63(103)50(31-39-12-4-3-5-13-39)82-54(94)34-77-52(92)33-78-58(98)44(69)30-40-20-24-43(91)25-21-40)56(96)84-48(17-11-29-76-66(73)74)61(101)86-46(15-7-9-27-68)62(102)88-51(36-90)64(104)81-38(2)57(97)85-47(16-10-28-75-65(71)72)60(100)83-45(55(70)95)14-6-8-26-67/h3-5,12-13,18-25,37-38,44-51,90-91H,6-11,14-17,26-36,67-69H2,1-2H3,(H2,70,95)(H,77,92)(H,78,98)(H,79,99)(H,80,93)(H,81,104)(H,82,94)(H,83,100)(H,84,96)(H,85,97)(H,86,101)(H,87,103)(H,88,102)(H4,71,72,75)(H4,73,74,76)/t37-,38-,44-,45-,46-,47-,48-,49-,50-,51-/m0/s1. The van der Waals surface area contributed by atoms with Crippen molar-refractivity contribution in [2.75, 3.05) is 52.4 Å². The summed E-state index contributed by atoms with van der Waals surface area (Å²) in [6, 6.07) is 5.24. The predicted molar refractivity (Wildman–Crippen MR) is 386 cm³/mol. The van der Waals surface area contributed by atoms with Crippen LogP contribution in [0, 0.1) is 10.1 Å². The molecule has 0 spiro atoms. The van der Waals surface area contributed by atoms with E-state index in [4.69, 9.17) is 45.9 Å². The van der Waals surface area contributed by atoms with Crippen molar-refractivity contribution < 1.29 is 77.5 Å². The Labute approximate surface area is 611 Å². The molecular weight excluding hydrogens is 1390 g/mol. The van der Waals surface area contributed by atoms with Crippen LogP contribution in [0.2, 0.25) is 0 Å². The molecule has 40 nitrogen and oxygen atoms in total. The maximum Gasteiger partial charge on any atom is 0.269 e. The fourth-order valence-corrected chi connectivity index (χ4v) is 10.0. The van der Waals surface area contributed by atoms with Crippen molar-refractivity contribution in [2.24, 2.45) is 55.9 Å². The van der Waals surface area contributed by atoms with E-state index in [2.05, 4.69) is 73.8 Å². The van der Waals surface area contributed by atoms with E-state index < -0.39 is 168 Å². The lowest BCUT2D eigenvalue weighted by Gasteiger charge is -2.26. The molecule has 30 N–H and O–H groups in total. The van der Waals surface area contributed by atoms with Crippen LogP contribution in [0.3, 0.4) is 0 Å². The highest BCUT2D eigenvalue weighted by atomic mass is 16.6. The topological polar surface area (TPSA) is 683 Å². The Kier molecular flexibility index (Phi) is 39.8. The molecule has 0 unspecified atom stereocenters. The molecule has 0 heterocycles. The first-order valence-corrected chi connectivity index (χ1v) is 34.1. The van der Waals surface area contributed by atoms with E-state index >= 15 is 0 Å². The molecule has 0 aromatic heterocycles. The molecule has 0 radical (unpaired) electrons. The summed E-state index contributed by atoms with van der Waals surface area (Å²) in [5, 5.41) is 60.8. The molecule has 3 aromatic rings. The van der Waals surface area contributed by atoms with Crippen molar-refractivity contribution in [2.45, 2.75) is 158 Å². The van der Waals surface area contributed by atoms with E-state index in [1.54, 1.807) is 42.5 Å². The summed E-state index contributed by atoms with van der Waals surface area (Å²) in [5.74, 6) is -12.3. The molecule has 3 rings (SSSR count). The van der Waals surface area contributed by atoms with E-state index in [9.17, 15) is 82.7 Å². The number of aromatic hydroxyl groups is 1. The second-order valence-corrected chi connectivity index (χ2v) is 24.6. The van der Waals surface area contributed by atoms with Gasteiger partial charge in [-0.2, -0.15) is 0 Å². The van der Waals surface area contributed by atoms with Gasteiger partial charge >= 0.3 is 0 Å². The Morgan fingerprint density at radius 1 is 0.425 bits per heavy atom. The number of non-ortho nitro benzene ring substituents is 1. The highest BCUT2D eigenvalue weighted by Crippen LogP contribution is 2.16. The minimum Gasteiger partial charge on any atom is -0.508 e. The number of nitro groups is 1. The number of nitrogens with zero attached hydrogens (tertiary/aromatic N) is 3. The van der Waals surface area contributed by atoms with Gasteiger partial charge in [0, 0.05) is 38.1 Å². The van der Waals surface area contributed by atoms with Gasteiger partial charge in [0.15, 0.2) is 11.9 Å². The Morgan fingerprint density at radius 3 is 1.31 bits per heavy atom. The molecule has 3 aromatic carbocycles.